The first-order valence-corrected chi connectivity index (χ1v) is 6.72. The van der Waals surface area contributed by atoms with Crippen LogP contribution in [0.2, 0.25) is 0 Å². The van der Waals surface area contributed by atoms with Gasteiger partial charge in [0, 0.05) is 25.1 Å². The zero-order valence-electron chi connectivity index (χ0n) is 11.0. The zero-order chi connectivity index (χ0) is 14.7. The van der Waals surface area contributed by atoms with Crippen molar-refractivity contribution in [3.05, 3.63) is 39.9 Å². The molecule has 1 N–H and O–H groups in total. The molecule has 0 unspecified atom stereocenters. The van der Waals surface area contributed by atoms with E-state index in [2.05, 4.69) is 36.6 Å². The predicted octanol–water partition coefficient (Wildman–Crippen LogP) is 1.98. The average molecular weight is 342 g/mol. The monoisotopic (exact) mass is 341 g/mol. The Hall–Kier alpha value is -1.83. The lowest BCUT2D eigenvalue weighted by Crippen LogP contribution is -2.30. The minimum atomic E-state index is -0.399. The smallest absolute Gasteiger partial charge is 0.253 e. The van der Waals surface area contributed by atoms with Gasteiger partial charge in [0.15, 0.2) is 5.82 Å². The number of nitrogens with zero attached hydrogens (tertiary/aromatic N) is 4. The van der Waals surface area contributed by atoms with Gasteiger partial charge in [-0.3, -0.25) is 4.79 Å². The van der Waals surface area contributed by atoms with E-state index in [1.807, 2.05) is 6.92 Å². The number of carbonyl (C=O) groups is 1. The second-order valence-corrected chi connectivity index (χ2v) is 5.34. The molecule has 0 saturated carbocycles. The van der Waals surface area contributed by atoms with E-state index in [1.165, 1.54) is 18.2 Å². The van der Waals surface area contributed by atoms with Crippen LogP contribution in [0.3, 0.4) is 0 Å². The molecule has 1 heterocycles. The number of rotatable bonds is 4. The molecule has 1 aromatic carbocycles. The van der Waals surface area contributed by atoms with Crippen molar-refractivity contribution in [2.45, 2.75) is 12.8 Å². The van der Waals surface area contributed by atoms with E-state index in [-0.39, 0.29) is 16.3 Å². The van der Waals surface area contributed by atoms with Gasteiger partial charge in [0.05, 0.1) is 4.47 Å². The Labute approximate surface area is 123 Å². The van der Waals surface area contributed by atoms with Crippen LogP contribution in [0, 0.1) is 5.82 Å². The van der Waals surface area contributed by atoms with Crippen molar-refractivity contribution in [3.8, 4) is 0 Å². The van der Waals surface area contributed by atoms with Gasteiger partial charge in [-0.05, 0) is 34.1 Å². The molecule has 8 heteroatoms. The maximum Gasteiger partial charge on any atom is 0.253 e. The minimum Gasteiger partial charge on any atom is -0.341 e. The molecule has 2 rings (SSSR count). The van der Waals surface area contributed by atoms with Crippen LogP contribution in [0.5, 0.6) is 0 Å². The maximum atomic E-state index is 13.2. The third-order valence-electron chi connectivity index (χ3n) is 2.86. The molecule has 1 atom stereocenters. The summed E-state index contributed by atoms with van der Waals surface area (Å²) in [5.74, 6) is -0.0954. The van der Waals surface area contributed by atoms with Gasteiger partial charge in [0.1, 0.15) is 5.82 Å². The number of likely N-dealkylation sites (N-methyl/N-ethyl adjacent to an activating group) is 1. The highest BCUT2D eigenvalue weighted by Gasteiger charge is 2.18. The lowest BCUT2D eigenvalue weighted by molar-refractivity contribution is 0.0787. The fraction of sp³-hybridized carbons (Fsp3) is 0.333. The number of amides is 1. The molecule has 0 spiro atoms. The number of hydrogen-bond acceptors (Lipinski definition) is 4. The number of carbonyl (C=O) groups excluding carboxylic acids is 1. The normalized spacial score (nSPS) is 12.2. The van der Waals surface area contributed by atoms with Crippen molar-refractivity contribution >= 4 is 21.8 Å². The lowest BCUT2D eigenvalue weighted by Gasteiger charge is -2.20. The van der Waals surface area contributed by atoms with Crippen LogP contribution in [0.1, 0.15) is 29.0 Å². The summed E-state index contributed by atoms with van der Waals surface area (Å²) in [6.07, 6.45) is 0. The van der Waals surface area contributed by atoms with Crippen molar-refractivity contribution in [1.29, 1.82) is 0 Å². The second kappa shape index (κ2) is 6.08. The highest BCUT2D eigenvalue weighted by atomic mass is 79.9. The average Bonchev–Trinajstić information content (AvgIpc) is 2.95. The third kappa shape index (κ3) is 3.19. The van der Waals surface area contributed by atoms with Crippen LogP contribution in [-0.4, -0.2) is 45.0 Å². The molecule has 0 saturated heterocycles. The topological polar surface area (TPSA) is 74.8 Å². The molecule has 0 fully saturated rings. The van der Waals surface area contributed by atoms with E-state index >= 15 is 0 Å². The molecule has 0 aliphatic heterocycles. The molecule has 0 aliphatic carbocycles. The summed E-state index contributed by atoms with van der Waals surface area (Å²) in [4.78, 5) is 13.8. The van der Waals surface area contributed by atoms with Gasteiger partial charge in [0.25, 0.3) is 5.91 Å². The number of aromatic amines is 1. The largest absolute Gasteiger partial charge is 0.341 e. The number of aromatic nitrogens is 4. The van der Waals surface area contributed by atoms with Gasteiger partial charge in [-0.15, -0.1) is 10.2 Å². The van der Waals surface area contributed by atoms with E-state index < -0.39 is 5.82 Å². The highest BCUT2D eigenvalue weighted by molar-refractivity contribution is 9.10. The van der Waals surface area contributed by atoms with Gasteiger partial charge in [0.2, 0.25) is 0 Å². The van der Waals surface area contributed by atoms with Crippen LogP contribution < -0.4 is 0 Å². The summed E-state index contributed by atoms with van der Waals surface area (Å²) < 4.78 is 13.4. The number of H-pyrrole nitrogens is 1. The molecule has 0 aliphatic rings. The van der Waals surface area contributed by atoms with Crippen molar-refractivity contribution in [2.75, 3.05) is 13.6 Å². The molecular weight excluding hydrogens is 329 g/mol. The molecular formula is C12H13BrFN5O. The lowest BCUT2D eigenvalue weighted by atomic mass is 10.1. The molecule has 2 aromatic rings. The summed E-state index contributed by atoms with van der Waals surface area (Å²) in [5, 5.41) is 13.6. The summed E-state index contributed by atoms with van der Waals surface area (Å²) in [6, 6.07) is 4.18. The predicted molar refractivity (Wildman–Crippen MR) is 73.7 cm³/mol. The van der Waals surface area contributed by atoms with Gasteiger partial charge < -0.3 is 4.90 Å². The van der Waals surface area contributed by atoms with Gasteiger partial charge in [-0.25, -0.2) is 4.39 Å². The summed E-state index contributed by atoms with van der Waals surface area (Å²) in [7, 11) is 1.68. The van der Waals surface area contributed by atoms with Crippen LogP contribution in [0.25, 0.3) is 0 Å². The van der Waals surface area contributed by atoms with Crippen LogP contribution in [0.15, 0.2) is 22.7 Å². The first-order valence-electron chi connectivity index (χ1n) is 5.93. The number of hydrogen-bond donors (Lipinski definition) is 1. The Bertz CT molecular complexity index is 604. The van der Waals surface area contributed by atoms with Gasteiger partial charge >= 0.3 is 0 Å². The third-order valence-corrected chi connectivity index (χ3v) is 3.47. The fourth-order valence-corrected chi connectivity index (χ4v) is 2.18. The molecule has 1 amide bonds. The Morgan fingerprint density at radius 1 is 1.55 bits per heavy atom. The van der Waals surface area contributed by atoms with Crippen LogP contribution in [-0.2, 0) is 0 Å². The number of nitrogens with one attached hydrogen (secondary N) is 1. The Morgan fingerprint density at radius 3 is 2.90 bits per heavy atom. The fourth-order valence-electron chi connectivity index (χ4n) is 1.80. The Balaban J connectivity index is 2.06. The maximum absolute atomic E-state index is 13.2. The van der Waals surface area contributed by atoms with Crippen molar-refractivity contribution in [3.63, 3.8) is 0 Å². The van der Waals surface area contributed by atoms with E-state index in [0.717, 1.165) is 0 Å². The van der Waals surface area contributed by atoms with E-state index in [0.29, 0.717) is 17.9 Å². The standard InChI is InChI=1S/C12H13BrFN5O/c1-7(11-15-17-18-16-11)6-19(2)12(20)8-3-4-10(14)9(13)5-8/h3-5,7H,6H2,1-2H3,(H,15,16,17,18)/t7-/m0/s1. The SMILES string of the molecule is C[C@@H](CN(C)C(=O)c1ccc(F)c(Br)c1)c1nn[nH]n1. The Kier molecular flexibility index (Phi) is 4.43. The summed E-state index contributed by atoms with van der Waals surface area (Å²) in [6.45, 7) is 2.34. The van der Waals surface area contributed by atoms with Crippen LogP contribution in [0.4, 0.5) is 4.39 Å². The highest BCUT2D eigenvalue weighted by Crippen LogP contribution is 2.18. The first kappa shape index (κ1) is 14.6. The number of benzene rings is 1. The van der Waals surface area contributed by atoms with Gasteiger partial charge in [-0.1, -0.05) is 12.1 Å². The van der Waals surface area contributed by atoms with Crippen molar-refractivity contribution in [2.24, 2.45) is 0 Å². The van der Waals surface area contributed by atoms with Crippen molar-refractivity contribution in [1.82, 2.24) is 25.5 Å². The van der Waals surface area contributed by atoms with Crippen LogP contribution >= 0.6 is 15.9 Å². The molecule has 6 nitrogen and oxygen atoms in total. The molecule has 20 heavy (non-hydrogen) atoms. The molecule has 106 valence electrons. The number of tetrazole rings is 1. The molecule has 0 bridgehead atoms. The van der Waals surface area contributed by atoms with E-state index in [4.69, 9.17) is 0 Å². The minimum absolute atomic E-state index is 0.0495. The Morgan fingerprint density at radius 2 is 2.30 bits per heavy atom. The quantitative estimate of drug-likeness (QED) is 0.922. The molecule has 1 aromatic heterocycles. The summed E-state index contributed by atoms with van der Waals surface area (Å²) in [5.41, 5.74) is 0.418. The second-order valence-electron chi connectivity index (χ2n) is 4.49. The van der Waals surface area contributed by atoms with Crippen molar-refractivity contribution < 1.29 is 9.18 Å². The first-order chi connectivity index (χ1) is 9.49. The molecule has 0 radical (unpaired) electrons. The summed E-state index contributed by atoms with van der Waals surface area (Å²) >= 11 is 3.07. The number of halogens is 2. The van der Waals surface area contributed by atoms with E-state index in [9.17, 15) is 9.18 Å². The van der Waals surface area contributed by atoms with E-state index in [1.54, 1.807) is 11.9 Å². The zero-order valence-corrected chi connectivity index (χ0v) is 12.6. The van der Waals surface area contributed by atoms with Gasteiger partial charge in [-0.2, -0.15) is 5.21 Å².